The number of fused-ring (bicyclic) bond motifs is 4. The quantitative estimate of drug-likeness (QED) is 0.120. The number of hydrogen-bond acceptors (Lipinski definition) is 5. The van der Waals surface area contributed by atoms with Gasteiger partial charge in [-0.25, -0.2) is 0 Å². The molecule has 0 aliphatic heterocycles. The van der Waals surface area contributed by atoms with E-state index in [1.807, 2.05) is 133 Å². The third-order valence-electron chi connectivity index (χ3n) is 9.95. The van der Waals surface area contributed by atoms with Gasteiger partial charge in [0, 0.05) is 51.5 Å². The summed E-state index contributed by atoms with van der Waals surface area (Å²) in [6.45, 7) is 0. The molecular weight excluding hydrogens is 653 g/mol. The zero-order chi connectivity index (χ0) is 35.9. The first-order valence-corrected chi connectivity index (χ1v) is 17.4. The predicted molar refractivity (Wildman–Crippen MR) is 219 cm³/mol. The van der Waals surface area contributed by atoms with Crippen LogP contribution in [0.5, 0.6) is 11.5 Å². The third kappa shape index (κ3) is 5.61. The molecule has 0 atom stereocenters. The molecule has 8 aromatic carbocycles. The van der Waals surface area contributed by atoms with Crippen molar-refractivity contribution < 1.29 is 15.0 Å². The molecule has 0 bridgehead atoms. The van der Waals surface area contributed by atoms with E-state index in [1.165, 1.54) is 0 Å². The molecule has 0 fully saturated rings. The Morgan fingerprint density at radius 3 is 1.57 bits per heavy atom. The van der Waals surface area contributed by atoms with E-state index in [1.54, 1.807) is 36.7 Å². The molecule has 9 rings (SSSR count). The van der Waals surface area contributed by atoms with Crippen LogP contribution in [-0.2, 0) is 4.79 Å². The van der Waals surface area contributed by atoms with Crippen molar-refractivity contribution in [3.8, 4) is 33.8 Å². The van der Waals surface area contributed by atoms with E-state index in [2.05, 4.69) is 11.4 Å². The van der Waals surface area contributed by atoms with Gasteiger partial charge in [-0.2, -0.15) is 0 Å². The number of phenols is 2. The highest BCUT2D eigenvalue weighted by Crippen LogP contribution is 2.46. The Morgan fingerprint density at radius 2 is 0.981 bits per heavy atom. The molecule has 252 valence electrons. The van der Waals surface area contributed by atoms with E-state index in [0.717, 1.165) is 65.5 Å². The fourth-order valence-corrected chi connectivity index (χ4v) is 7.42. The molecule has 0 saturated heterocycles. The highest BCUT2D eigenvalue weighted by molar-refractivity contribution is 6.24. The number of hydrogen-bond donors (Lipinski definition) is 3. The monoisotopic (exact) mass is 684 g/mol. The van der Waals surface area contributed by atoms with E-state index in [4.69, 9.17) is 4.99 Å². The number of aromatic hydroxyl groups is 2. The maximum absolute atomic E-state index is 14.0. The fourth-order valence-electron chi connectivity index (χ4n) is 7.42. The molecular formula is C48H32N2O3. The van der Waals surface area contributed by atoms with E-state index in [-0.39, 0.29) is 17.3 Å². The number of phenolic OH excluding ortho intramolecular Hbond substituents is 2. The minimum absolute atomic E-state index is 0.161. The van der Waals surface area contributed by atoms with Crippen LogP contribution in [0.1, 0.15) is 0 Å². The van der Waals surface area contributed by atoms with Gasteiger partial charge in [-0.1, -0.05) is 127 Å². The van der Waals surface area contributed by atoms with Gasteiger partial charge in [0.2, 0.25) is 0 Å². The van der Waals surface area contributed by atoms with Gasteiger partial charge in [0.1, 0.15) is 11.5 Å². The lowest BCUT2D eigenvalue weighted by molar-refractivity contribution is -0.111. The summed E-state index contributed by atoms with van der Waals surface area (Å²) in [4.78, 5) is 18.9. The van der Waals surface area contributed by atoms with Crippen molar-refractivity contribution >= 4 is 66.5 Å². The maximum Gasteiger partial charge on any atom is 0.196 e. The molecule has 0 radical (unpaired) electrons. The minimum Gasteiger partial charge on any atom is -0.507 e. The molecule has 0 heterocycles. The minimum atomic E-state index is -0.186. The number of nitrogens with one attached hydrogen (secondary N) is 1. The number of carbonyl (C=O) groups is 1. The van der Waals surface area contributed by atoms with E-state index in [9.17, 15) is 15.0 Å². The number of aliphatic imine (C=N–C) groups is 1. The SMILES string of the molecule is O=C1C(C=Nc2ccc3ccccc3c2-c2c(O)ccc3ccccc23)=CC=C/C1=C\Nc1ccc2ccccc2c1-c1c(O)ccc2ccccc12. The van der Waals surface area contributed by atoms with Crippen LogP contribution < -0.4 is 5.32 Å². The van der Waals surface area contributed by atoms with Crippen molar-refractivity contribution in [1.82, 2.24) is 0 Å². The maximum atomic E-state index is 14.0. The average molecular weight is 685 g/mol. The number of ketones is 1. The molecule has 0 spiro atoms. The molecule has 0 saturated carbocycles. The second-order valence-electron chi connectivity index (χ2n) is 13.1. The lowest BCUT2D eigenvalue weighted by atomic mass is 9.91. The van der Waals surface area contributed by atoms with Crippen LogP contribution >= 0.6 is 0 Å². The topological polar surface area (TPSA) is 81.9 Å². The van der Waals surface area contributed by atoms with E-state index in [0.29, 0.717) is 22.4 Å². The molecule has 1 aliphatic carbocycles. The van der Waals surface area contributed by atoms with Gasteiger partial charge in [0.25, 0.3) is 0 Å². The summed E-state index contributed by atoms with van der Waals surface area (Å²) in [6, 6.07) is 47.3. The number of nitrogens with zero attached hydrogens (tertiary/aromatic N) is 1. The molecule has 0 aromatic heterocycles. The van der Waals surface area contributed by atoms with E-state index >= 15 is 0 Å². The number of benzene rings is 8. The lowest BCUT2D eigenvalue weighted by Crippen LogP contribution is -2.10. The Morgan fingerprint density at radius 1 is 0.509 bits per heavy atom. The Balaban J connectivity index is 1.09. The zero-order valence-electron chi connectivity index (χ0n) is 28.5. The highest BCUT2D eigenvalue weighted by atomic mass is 16.3. The first kappa shape index (κ1) is 31.7. The normalized spacial score (nSPS) is 13.8. The molecule has 53 heavy (non-hydrogen) atoms. The molecule has 1 aliphatic rings. The van der Waals surface area contributed by atoms with Gasteiger partial charge < -0.3 is 15.5 Å². The van der Waals surface area contributed by atoms with Crippen molar-refractivity contribution in [1.29, 1.82) is 0 Å². The van der Waals surface area contributed by atoms with E-state index < -0.39 is 0 Å². The molecule has 0 amide bonds. The Labute approximate surface area is 305 Å². The summed E-state index contributed by atoms with van der Waals surface area (Å²) in [5.41, 5.74) is 5.34. The van der Waals surface area contributed by atoms with Crippen LogP contribution in [0.15, 0.2) is 186 Å². The second-order valence-corrected chi connectivity index (χ2v) is 13.1. The fraction of sp³-hybridized carbons (Fsp3) is 0. The molecule has 5 heteroatoms. The van der Waals surface area contributed by atoms with Crippen molar-refractivity contribution in [3.05, 3.63) is 181 Å². The van der Waals surface area contributed by atoms with Gasteiger partial charge in [-0.3, -0.25) is 9.79 Å². The molecule has 0 unspecified atom stereocenters. The highest BCUT2D eigenvalue weighted by Gasteiger charge is 2.20. The Bertz CT molecular complexity index is 2920. The van der Waals surface area contributed by atoms with Gasteiger partial charge >= 0.3 is 0 Å². The predicted octanol–water partition coefficient (Wildman–Crippen LogP) is 11.8. The number of carbonyl (C=O) groups excluding carboxylic acids is 1. The van der Waals surface area contributed by atoms with Crippen LogP contribution in [0, 0.1) is 0 Å². The van der Waals surface area contributed by atoms with Gasteiger partial charge in [0.15, 0.2) is 5.78 Å². The number of rotatable bonds is 6. The summed E-state index contributed by atoms with van der Waals surface area (Å²) < 4.78 is 0. The summed E-state index contributed by atoms with van der Waals surface area (Å²) >= 11 is 0. The first-order valence-electron chi connectivity index (χ1n) is 17.4. The van der Waals surface area contributed by atoms with Crippen molar-refractivity contribution in [2.24, 2.45) is 4.99 Å². The first-order chi connectivity index (χ1) is 26.0. The Kier molecular flexibility index (Phi) is 7.87. The average Bonchev–Trinajstić information content (AvgIpc) is 3.20. The van der Waals surface area contributed by atoms with Crippen LogP contribution in [0.2, 0.25) is 0 Å². The third-order valence-corrected chi connectivity index (χ3v) is 9.95. The summed E-state index contributed by atoms with van der Waals surface area (Å²) in [5, 5.41) is 33.8. The molecule has 3 N–H and O–H groups in total. The molecule has 5 nitrogen and oxygen atoms in total. The van der Waals surface area contributed by atoms with Crippen LogP contribution in [0.3, 0.4) is 0 Å². The second kappa shape index (κ2) is 13.1. The van der Waals surface area contributed by atoms with Crippen molar-refractivity contribution in [3.63, 3.8) is 0 Å². The van der Waals surface area contributed by atoms with Crippen LogP contribution in [0.25, 0.3) is 65.3 Å². The number of anilines is 1. The van der Waals surface area contributed by atoms with Gasteiger partial charge in [-0.15, -0.1) is 0 Å². The van der Waals surface area contributed by atoms with Crippen molar-refractivity contribution in [2.75, 3.05) is 5.32 Å². The molecule has 8 aromatic rings. The summed E-state index contributed by atoms with van der Waals surface area (Å²) in [6.07, 6.45) is 8.69. The van der Waals surface area contributed by atoms with Gasteiger partial charge in [-0.05, 0) is 79.5 Å². The number of allylic oxidation sites excluding steroid dienone is 5. The Hall–Kier alpha value is -7.24. The standard InChI is InChI=1S/C48H32N2O3/c51-42-26-22-32-12-3-7-18-38(32)46(42)44-36-16-5-1-10-30(36)20-24-40(44)49-28-34-14-9-15-35(48(34)53)29-50-41-25-21-31-11-2-6-17-37(31)45(41)47-39-19-8-4-13-33(39)23-27-43(47)52/h1-29,49,51-52H/b34-28+,50-29?. The zero-order valence-corrected chi connectivity index (χ0v) is 28.5. The lowest BCUT2D eigenvalue weighted by Gasteiger charge is -2.17. The largest absolute Gasteiger partial charge is 0.507 e. The van der Waals surface area contributed by atoms with Crippen LogP contribution in [-0.4, -0.2) is 22.2 Å². The summed E-state index contributed by atoms with van der Waals surface area (Å²) in [7, 11) is 0. The summed E-state index contributed by atoms with van der Waals surface area (Å²) in [5.74, 6) is 0.152. The van der Waals surface area contributed by atoms with Crippen LogP contribution in [0.4, 0.5) is 11.4 Å². The van der Waals surface area contributed by atoms with Crippen molar-refractivity contribution in [2.45, 2.75) is 0 Å². The smallest absolute Gasteiger partial charge is 0.196 e. The number of Topliss-reactive ketones (excluding diaryl/α,β-unsaturated/α-hetero) is 1. The van der Waals surface area contributed by atoms with Gasteiger partial charge in [0.05, 0.1) is 5.69 Å².